The van der Waals surface area contributed by atoms with E-state index >= 15 is 0 Å². The Morgan fingerprint density at radius 1 is 0.250 bits per heavy atom. The van der Waals surface area contributed by atoms with Gasteiger partial charge >= 0.3 is 0 Å². The molecule has 0 amide bonds. The molecule has 12 rings (SSSR count). The number of hydrogen-bond acceptors (Lipinski definition) is 1. The van der Waals surface area contributed by atoms with Crippen LogP contribution in [-0.4, -0.2) is 4.57 Å². The standard InChI is InChI=1S/C54H33NS/c1-3-13-34(14-4-1)38-27-39(35-15-5-2-6-16-35)29-40(28-38)55-51-21-11-9-19-44(51)50-32-48-43-25-23-36(30-47(43)41-17-7-8-18-42(41)49(48)33-52(50)55)37-24-26-46-45-20-10-12-22-53(45)56-54(46)31-37/h1-33H. The molecule has 0 saturated heterocycles. The van der Waals surface area contributed by atoms with Crippen molar-refractivity contribution in [3.63, 3.8) is 0 Å². The summed E-state index contributed by atoms with van der Waals surface area (Å²) in [7, 11) is 0. The number of para-hydroxylation sites is 1. The Labute approximate surface area is 327 Å². The van der Waals surface area contributed by atoms with Crippen LogP contribution in [-0.2, 0) is 0 Å². The summed E-state index contributed by atoms with van der Waals surface area (Å²) in [5.74, 6) is 0. The summed E-state index contributed by atoms with van der Waals surface area (Å²) in [6.45, 7) is 0. The first-order chi connectivity index (χ1) is 27.7. The minimum atomic E-state index is 1.15. The third-order valence-corrected chi connectivity index (χ3v) is 12.9. The average molecular weight is 728 g/mol. The second-order valence-corrected chi connectivity index (χ2v) is 16.0. The maximum atomic E-state index is 2.48. The molecule has 0 bridgehead atoms. The van der Waals surface area contributed by atoms with Gasteiger partial charge in [0.05, 0.1) is 11.0 Å². The Bertz CT molecular complexity index is 3460. The minimum Gasteiger partial charge on any atom is -0.309 e. The van der Waals surface area contributed by atoms with E-state index in [1.54, 1.807) is 0 Å². The molecule has 56 heavy (non-hydrogen) atoms. The second kappa shape index (κ2) is 12.3. The van der Waals surface area contributed by atoms with Gasteiger partial charge in [0.25, 0.3) is 0 Å². The zero-order chi connectivity index (χ0) is 36.7. The minimum absolute atomic E-state index is 1.15. The molecule has 0 saturated carbocycles. The van der Waals surface area contributed by atoms with Gasteiger partial charge in [0.1, 0.15) is 0 Å². The maximum Gasteiger partial charge on any atom is 0.0547 e. The summed E-state index contributed by atoms with van der Waals surface area (Å²) in [6.07, 6.45) is 0. The topological polar surface area (TPSA) is 4.93 Å². The number of fused-ring (bicyclic) bond motifs is 12. The number of nitrogens with zero attached hydrogens (tertiary/aromatic N) is 1. The van der Waals surface area contributed by atoms with Gasteiger partial charge in [-0.1, -0.05) is 146 Å². The largest absolute Gasteiger partial charge is 0.309 e. The highest BCUT2D eigenvalue weighted by Crippen LogP contribution is 2.43. The van der Waals surface area contributed by atoms with Crippen LogP contribution < -0.4 is 0 Å². The fraction of sp³-hybridized carbons (Fsp3) is 0. The smallest absolute Gasteiger partial charge is 0.0547 e. The third-order valence-electron chi connectivity index (χ3n) is 11.7. The van der Waals surface area contributed by atoms with Gasteiger partial charge in [-0.25, -0.2) is 0 Å². The van der Waals surface area contributed by atoms with Crippen molar-refractivity contribution in [2.24, 2.45) is 0 Å². The van der Waals surface area contributed by atoms with Crippen LogP contribution in [0.15, 0.2) is 200 Å². The van der Waals surface area contributed by atoms with Gasteiger partial charge in [0, 0.05) is 36.6 Å². The highest BCUT2D eigenvalue weighted by molar-refractivity contribution is 7.25. The maximum absolute atomic E-state index is 2.48. The van der Waals surface area contributed by atoms with Crippen LogP contribution in [0, 0.1) is 0 Å². The molecule has 0 aliphatic rings. The molecule has 0 N–H and O–H groups in total. The fourth-order valence-electron chi connectivity index (χ4n) is 9.11. The normalized spacial score (nSPS) is 11.9. The molecule has 0 radical (unpaired) electrons. The Morgan fingerprint density at radius 3 is 1.48 bits per heavy atom. The van der Waals surface area contributed by atoms with Crippen molar-refractivity contribution < 1.29 is 0 Å². The molecule has 0 fully saturated rings. The Kier molecular flexibility index (Phi) is 6.87. The van der Waals surface area contributed by atoms with Crippen LogP contribution in [0.25, 0.3) is 113 Å². The zero-order valence-electron chi connectivity index (χ0n) is 30.4. The lowest BCUT2D eigenvalue weighted by molar-refractivity contribution is 1.18. The van der Waals surface area contributed by atoms with E-state index in [1.807, 2.05) is 11.3 Å². The predicted octanol–water partition coefficient (Wildman–Crippen LogP) is 15.6. The van der Waals surface area contributed by atoms with E-state index in [0.29, 0.717) is 0 Å². The van der Waals surface area contributed by atoms with E-state index in [0.717, 1.165) is 5.69 Å². The van der Waals surface area contributed by atoms with Gasteiger partial charge in [0.15, 0.2) is 0 Å². The van der Waals surface area contributed by atoms with E-state index in [4.69, 9.17) is 0 Å². The van der Waals surface area contributed by atoms with E-state index in [-0.39, 0.29) is 0 Å². The molecule has 2 aromatic heterocycles. The highest BCUT2D eigenvalue weighted by atomic mass is 32.1. The summed E-state index contributed by atoms with van der Waals surface area (Å²) in [5.41, 5.74) is 10.9. The Balaban J connectivity index is 1.12. The number of hydrogen-bond donors (Lipinski definition) is 0. The summed E-state index contributed by atoms with van der Waals surface area (Å²) < 4.78 is 5.15. The molecule has 0 spiro atoms. The van der Waals surface area contributed by atoms with E-state index in [2.05, 4.69) is 205 Å². The molecule has 2 heterocycles. The molecule has 260 valence electrons. The van der Waals surface area contributed by atoms with Gasteiger partial charge in [0.2, 0.25) is 0 Å². The number of rotatable bonds is 4. The molecule has 12 aromatic rings. The Morgan fingerprint density at radius 2 is 0.768 bits per heavy atom. The van der Waals surface area contributed by atoms with Gasteiger partial charge in [-0.05, 0) is 120 Å². The number of aromatic nitrogens is 1. The van der Waals surface area contributed by atoms with Crippen molar-refractivity contribution >= 4 is 85.6 Å². The van der Waals surface area contributed by atoms with Gasteiger partial charge < -0.3 is 4.57 Å². The van der Waals surface area contributed by atoms with Crippen molar-refractivity contribution in [1.29, 1.82) is 0 Å². The summed E-state index contributed by atoms with van der Waals surface area (Å²) in [5, 5.41) is 12.8. The van der Waals surface area contributed by atoms with E-state index in [9.17, 15) is 0 Å². The lowest BCUT2D eigenvalue weighted by Gasteiger charge is -2.15. The molecular formula is C54H33NS. The summed E-state index contributed by atoms with van der Waals surface area (Å²) >= 11 is 1.88. The van der Waals surface area contributed by atoms with E-state index in [1.165, 1.54) is 108 Å². The fourth-order valence-corrected chi connectivity index (χ4v) is 10.3. The molecule has 0 aliphatic heterocycles. The average Bonchev–Trinajstić information content (AvgIpc) is 3.81. The third kappa shape index (κ3) is 4.80. The highest BCUT2D eigenvalue weighted by Gasteiger charge is 2.18. The summed E-state index contributed by atoms with van der Waals surface area (Å²) in [4.78, 5) is 0. The number of thiophene rings is 1. The molecule has 10 aromatic carbocycles. The quantitative estimate of drug-likeness (QED) is 0.159. The van der Waals surface area contributed by atoms with Crippen LogP contribution in [0.1, 0.15) is 0 Å². The SMILES string of the molecule is c1ccc(-c2cc(-c3ccccc3)cc(-n3c4ccccc4c4cc5c6ccc(-c7ccc8c(c7)sc7ccccc78)cc6c6ccccc6c5cc43)c2)cc1. The van der Waals surface area contributed by atoms with Crippen LogP contribution in [0.3, 0.4) is 0 Å². The van der Waals surface area contributed by atoms with Crippen LogP contribution in [0.2, 0.25) is 0 Å². The second-order valence-electron chi connectivity index (χ2n) is 14.9. The molecular weight excluding hydrogens is 695 g/mol. The molecule has 0 atom stereocenters. The first-order valence-corrected chi connectivity index (χ1v) is 20.1. The molecule has 2 heteroatoms. The molecule has 0 unspecified atom stereocenters. The van der Waals surface area contributed by atoms with Crippen molar-refractivity contribution in [3.05, 3.63) is 200 Å². The van der Waals surface area contributed by atoms with E-state index < -0.39 is 0 Å². The molecule has 0 aliphatic carbocycles. The first-order valence-electron chi connectivity index (χ1n) is 19.2. The number of benzene rings is 10. The van der Waals surface area contributed by atoms with Gasteiger partial charge in [-0.15, -0.1) is 11.3 Å². The van der Waals surface area contributed by atoms with Crippen LogP contribution in [0.5, 0.6) is 0 Å². The van der Waals surface area contributed by atoms with Crippen LogP contribution in [0.4, 0.5) is 0 Å². The predicted molar refractivity (Wildman–Crippen MR) is 242 cm³/mol. The van der Waals surface area contributed by atoms with Crippen molar-refractivity contribution in [2.45, 2.75) is 0 Å². The summed E-state index contributed by atoms with van der Waals surface area (Å²) in [6, 6.07) is 74.1. The lowest BCUT2D eigenvalue weighted by Crippen LogP contribution is -1.96. The Hall–Kier alpha value is -7.00. The van der Waals surface area contributed by atoms with Gasteiger partial charge in [-0.3, -0.25) is 0 Å². The van der Waals surface area contributed by atoms with Gasteiger partial charge in [-0.2, -0.15) is 0 Å². The van der Waals surface area contributed by atoms with Crippen LogP contribution >= 0.6 is 11.3 Å². The lowest BCUT2D eigenvalue weighted by atomic mass is 9.91. The van der Waals surface area contributed by atoms with Crippen molar-refractivity contribution in [3.8, 4) is 39.1 Å². The van der Waals surface area contributed by atoms with Crippen molar-refractivity contribution in [2.75, 3.05) is 0 Å². The van der Waals surface area contributed by atoms with Crippen molar-refractivity contribution in [1.82, 2.24) is 4.57 Å². The zero-order valence-corrected chi connectivity index (χ0v) is 31.2. The molecule has 1 nitrogen and oxygen atoms in total. The monoisotopic (exact) mass is 727 g/mol. The first kappa shape index (κ1) is 31.4.